The van der Waals surface area contributed by atoms with Crippen molar-refractivity contribution in [3.05, 3.63) is 75.3 Å². The molecule has 22 heavy (non-hydrogen) atoms. The number of benzene rings is 2. The van der Waals surface area contributed by atoms with Crippen molar-refractivity contribution in [2.45, 2.75) is 11.5 Å². The summed E-state index contributed by atoms with van der Waals surface area (Å²) >= 11 is 1.66. The molecule has 0 saturated carbocycles. The molecule has 0 aliphatic rings. The zero-order valence-corrected chi connectivity index (χ0v) is 12.8. The second-order valence-corrected chi connectivity index (χ2v) is 5.59. The van der Waals surface area contributed by atoms with Gasteiger partial charge in [0.25, 0.3) is 5.69 Å². The summed E-state index contributed by atoms with van der Waals surface area (Å²) in [6.45, 7) is 0. The number of methoxy groups -OCH3 is 1. The number of carbonyl (C=O) groups excluding carboxylic acids is 1. The summed E-state index contributed by atoms with van der Waals surface area (Å²) in [4.78, 5) is 21.7. The third-order valence-corrected chi connectivity index (χ3v) is 4.11. The smallest absolute Gasteiger partial charge is 0.337 e. The molecule has 0 aromatic heterocycles. The van der Waals surface area contributed by atoms with Gasteiger partial charge in [0.1, 0.15) is 0 Å². The van der Waals surface area contributed by atoms with E-state index in [1.54, 1.807) is 36.0 Å². The fourth-order valence-corrected chi connectivity index (χ4v) is 2.85. The number of hydrogen-bond donors (Lipinski definition) is 0. The monoisotopic (exact) mass is 317 g/mol. The topological polar surface area (TPSA) is 69.4 Å². The summed E-state index contributed by atoms with van der Waals surface area (Å²) in [5.41, 5.74) is 2.64. The first-order chi connectivity index (χ1) is 10.6. The van der Waals surface area contributed by atoms with Gasteiger partial charge in [-0.25, -0.2) is 4.79 Å². The third-order valence-electron chi connectivity index (χ3n) is 3.03. The van der Waals surface area contributed by atoms with Crippen LogP contribution in [0.15, 0.2) is 48.5 Å². The van der Waals surface area contributed by atoms with E-state index < -0.39 is 0 Å². The minimum atomic E-state index is -0.389. The van der Waals surface area contributed by atoms with E-state index in [0.29, 0.717) is 11.3 Å². The highest BCUT2D eigenvalue weighted by molar-refractivity contribution is 7.97. The van der Waals surface area contributed by atoms with E-state index in [1.807, 2.05) is 18.2 Å². The van der Waals surface area contributed by atoms with Crippen LogP contribution in [0.3, 0.4) is 0 Å². The Bertz CT molecular complexity index is 670. The number of ether oxygens (including phenoxy) is 1. The first-order valence-electron chi connectivity index (χ1n) is 6.58. The van der Waals surface area contributed by atoms with Gasteiger partial charge in [0.05, 0.1) is 17.6 Å². The van der Waals surface area contributed by atoms with Gasteiger partial charge in [0, 0.05) is 23.6 Å². The second kappa shape index (κ2) is 7.61. The molecule has 2 rings (SSSR count). The van der Waals surface area contributed by atoms with Gasteiger partial charge < -0.3 is 4.74 Å². The predicted molar refractivity (Wildman–Crippen MR) is 85.9 cm³/mol. The molecular weight excluding hydrogens is 302 g/mol. The quantitative estimate of drug-likeness (QED) is 0.460. The van der Waals surface area contributed by atoms with Crippen molar-refractivity contribution < 1.29 is 14.5 Å². The van der Waals surface area contributed by atoms with E-state index in [0.717, 1.165) is 16.9 Å². The van der Waals surface area contributed by atoms with Crippen molar-refractivity contribution in [2.75, 3.05) is 7.11 Å². The van der Waals surface area contributed by atoms with Crippen LogP contribution in [0.5, 0.6) is 0 Å². The Morgan fingerprint density at radius 1 is 1.14 bits per heavy atom. The van der Waals surface area contributed by atoms with Crippen LogP contribution in [0, 0.1) is 10.1 Å². The first-order valence-corrected chi connectivity index (χ1v) is 7.74. The molecule has 2 aromatic rings. The number of carbonyl (C=O) groups is 1. The molecule has 0 aliphatic carbocycles. The lowest BCUT2D eigenvalue weighted by molar-refractivity contribution is -0.384. The zero-order valence-electron chi connectivity index (χ0n) is 12.0. The zero-order chi connectivity index (χ0) is 15.9. The number of thioether (sulfide) groups is 1. The number of esters is 1. The third kappa shape index (κ3) is 4.33. The van der Waals surface area contributed by atoms with Crippen molar-refractivity contribution in [3.63, 3.8) is 0 Å². The Balaban J connectivity index is 1.89. The van der Waals surface area contributed by atoms with Crippen molar-refractivity contribution >= 4 is 23.4 Å². The molecule has 6 heteroatoms. The molecule has 0 N–H and O–H groups in total. The average molecular weight is 317 g/mol. The Labute approximate surface area is 132 Å². The lowest BCUT2D eigenvalue weighted by atomic mass is 10.1. The number of nitro groups is 1. The van der Waals surface area contributed by atoms with Crippen molar-refractivity contribution in [2.24, 2.45) is 0 Å². The summed E-state index contributed by atoms with van der Waals surface area (Å²) in [7, 11) is 1.35. The minimum absolute atomic E-state index is 0.112. The number of nitrogens with zero attached hydrogens (tertiary/aromatic N) is 1. The van der Waals surface area contributed by atoms with Crippen LogP contribution in [0.25, 0.3) is 0 Å². The molecule has 0 heterocycles. The first kappa shape index (κ1) is 16.0. The minimum Gasteiger partial charge on any atom is -0.465 e. The molecule has 0 saturated heterocycles. The summed E-state index contributed by atoms with van der Waals surface area (Å²) in [6.07, 6.45) is 0. The van der Waals surface area contributed by atoms with E-state index in [1.165, 1.54) is 13.2 Å². The van der Waals surface area contributed by atoms with E-state index in [4.69, 9.17) is 0 Å². The molecule has 114 valence electrons. The molecule has 0 aliphatic heterocycles. The SMILES string of the molecule is COC(=O)c1ccc(CSCc2cccc([N+](=O)[O-])c2)cc1. The molecule has 0 bridgehead atoms. The lowest BCUT2D eigenvalue weighted by Gasteiger charge is -2.04. The Kier molecular flexibility index (Phi) is 5.55. The molecular formula is C16H15NO4S. The number of rotatable bonds is 6. The normalized spacial score (nSPS) is 10.2. The summed E-state index contributed by atoms with van der Waals surface area (Å²) < 4.78 is 4.65. The Morgan fingerprint density at radius 2 is 1.82 bits per heavy atom. The molecule has 0 atom stereocenters. The molecule has 0 unspecified atom stereocenters. The molecule has 5 nitrogen and oxygen atoms in total. The molecule has 2 aromatic carbocycles. The van der Waals surface area contributed by atoms with Crippen LogP contribution in [0.4, 0.5) is 5.69 Å². The maximum atomic E-state index is 11.3. The van der Waals surface area contributed by atoms with Gasteiger partial charge >= 0.3 is 5.97 Å². The van der Waals surface area contributed by atoms with E-state index in [-0.39, 0.29) is 16.6 Å². The fraction of sp³-hybridized carbons (Fsp3) is 0.188. The highest BCUT2D eigenvalue weighted by Gasteiger charge is 2.06. The van der Waals surface area contributed by atoms with Gasteiger partial charge in [-0.05, 0) is 23.3 Å². The standard InChI is InChI=1S/C16H15NO4S/c1-21-16(18)14-7-5-12(6-8-14)10-22-11-13-3-2-4-15(9-13)17(19)20/h2-9H,10-11H2,1H3. The van der Waals surface area contributed by atoms with Crippen LogP contribution < -0.4 is 0 Å². The van der Waals surface area contributed by atoms with Crippen molar-refractivity contribution in [1.29, 1.82) is 0 Å². The fourth-order valence-electron chi connectivity index (χ4n) is 1.90. The number of non-ortho nitro benzene ring substituents is 1. The van der Waals surface area contributed by atoms with Gasteiger partial charge in [0.2, 0.25) is 0 Å². The Morgan fingerprint density at radius 3 is 2.45 bits per heavy atom. The highest BCUT2D eigenvalue weighted by Crippen LogP contribution is 2.21. The van der Waals surface area contributed by atoms with Gasteiger partial charge in [-0.15, -0.1) is 0 Å². The highest BCUT2D eigenvalue weighted by atomic mass is 32.2. The van der Waals surface area contributed by atoms with Gasteiger partial charge in [-0.1, -0.05) is 24.3 Å². The van der Waals surface area contributed by atoms with Crippen molar-refractivity contribution in [3.8, 4) is 0 Å². The van der Waals surface area contributed by atoms with Crippen LogP contribution in [-0.4, -0.2) is 18.0 Å². The van der Waals surface area contributed by atoms with E-state index in [9.17, 15) is 14.9 Å². The average Bonchev–Trinajstić information content (AvgIpc) is 2.55. The van der Waals surface area contributed by atoms with Gasteiger partial charge in [-0.2, -0.15) is 11.8 Å². The molecule has 0 radical (unpaired) electrons. The maximum Gasteiger partial charge on any atom is 0.337 e. The summed E-state index contributed by atoms with van der Waals surface area (Å²) in [6, 6.07) is 13.9. The van der Waals surface area contributed by atoms with Crippen molar-refractivity contribution in [1.82, 2.24) is 0 Å². The summed E-state index contributed by atoms with van der Waals surface area (Å²) in [5, 5.41) is 10.7. The Hall–Kier alpha value is -2.34. The predicted octanol–water partition coefficient (Wildman–Crippen LogP) is 3.81. The van der Waals surface area contributed by atoms with Gasteiger partial charge in [0.15, 0.2) is 0 Å². The molecule has 0 fully saturated rings. The van der Waals surface area contributed by atoms with Crippen LogP contribution in [-0.2, 0) is 16.2 Å². The van der Waals surface area contributed by atoms with E-state index >= 15 is 0 Å². The number of hydrogen-bond acceptors (Lipinski definition) is 5. The molecule has 0 amide bonds. The van der Waals surface area contributed by atoms with E-state index in [2.05, 4.69) is 4.74 Å². The molecule has 0 spiro atoms. The van der Waals surface area contributed by atoms with Crippen LogP contribution in [0.1, 0.15) is 21.5 Å². The maximum absolute atomic E-state index is 11.3. The van der Waals surface area contributed by atoms with Crippen LogP contribution >= 0.6 is 11.8 Å². The lowest BCUT2D eigenvalue weighted by Crippen LogP contribution is -2.00. The van der Waals surface area contributed by atoms with Crippen LogP contribution in [0.2, 0.25) is 0 Å². The van der Waals surface area contributed by atoms with Gasteiger partial charge in [-0.3, -0.25) is 10.1 Å². The second-order valence-electron chi connectivity index (χ2n) is 4.61. The summed E-state index contributed by atoms with van der Waals surface area (Å²) in [5.74, 6) is 1.11. The number of nitro benzene ring substituents is 1. The largest absolute Gasteiger partial charge is 0.465 e.